The third kappa shape index (κ3) is 2.97. The lowest BCUT2D eigenvalue weighted by molar-refractivity contribution is 0.102. The molecule has 2 N–H and O–H groups in total. The molecule has 1 aromatic carbocycles. The Morgan fingerprint density at radius 2 is 2.00 bits per heavy atom. The number of nitrogens with zero attached hydrogens (tertiary/aromatic N) is 3. The first-order valence-electron chi connectivity index (χ1n) is 8.64. The van der Waals surface area contributed by atoms with Gasteiger partial charge in [0.05, 0.1) is 17.4 Å². The van der Waals surface area contributed by atoms with E-state index < -0.39 is 5.91 Å². The minimum Gasteiger partial charge on any atom is -0.493 e. The fraction of sp³-hybridized carbons (Fsp3) is 0.263. The summed E-state index contributed by atoms with van der Waals surface area (Å²) < 4.78 is 1.74. The molecule has 4 rings (SSSR count). The number of aromatic nitrogens is 2. The first-order valence-corrected chi connectivity index (χ1v) is 9.02. The number of aromatic hydroxyl groups is 1. The second-order valence-corrected chi connectivity index (χ2v) is 6.82. The largest absolute Gasteiger partial charge is 0.493 e. The number of pyridine rings is 1. The highest BCUT2D eigenvalue weighted by molar-refractivity contribution is 6.31. The topological polar surface area (TPSA) is 70.4 Å². The highest BCUT2D eigenvalue weighted by atomic mass is 35.5. The average Bonchev–Trinajstić information content (AvgIpc) is 2.94. The Morgan fingerprint density at radius 1 is 1.19 bits per heavy atom. The Hall–Kier alpha value is -2.73. The highest BCUT2D eigenvalue weighted by Gasteiger charge is 2.26. The summed E-state index contributed by atoms with van der Waals surface area (Å²) in [6.45, 7) is 1.67. The minimum absolute atomic E-state index is 0.0643. The van der Waals surface area contributed by atoms with Gasteiger partial charge in [-0.1, -0.05) is 11.6 Å². The van der Waals surface area contributed by atoms with E-state index in [0.29, 0.717) is 16.1 Å². The first-order chi connectivity index (χ1) is 12.6. The van der Waals surface area contributed by atoms with Crippen molar-refractivity contribution in [3.63, 3.8) is 0 Å². The second-order valence-electron chi connectivity index (χ2n) is 6.38. The van der Waals surface area contributed by atoms with Gasteiger partial charge in [-0.05, 0) is 49.6 Å². The zero-order chi connectivity index (χ0) is 18.1. The number of nitrogens with one attached hydrogen (secondary N) is 1. The molecule has 2 aromatic heterocycles. The summed E-state index contributed by atoms with van der Waals surface area (Å²) in [6.07, 6.45) is 6.49. The molecule has 0 spiro atoms. The van der Waals surface area contributed by atoms with Crippen molar-refractivity contribution in [2.75, 3.05) is 23.4 Å². The minimum atomic E-state index is -0.390. The Bertz CT molecular complexity index is 949. The number of hydrogen-bond acceptors (Lipinski definition) is 4. The number of carbonyl (C=O) groups is 1. The van der Waals surface area contributed by atoms with Crippen LogP contribution >= 0.6 is 11.6 Å². The van der Waals surface area contributed by atoms with Crippen LogP contribution in [0, 0.1) is 0 Å². The summed E-state index contributed by atoms with van der Waals surface area (Å²) in [5.74, 6) is -0.455. The zero-order valence-electron chi connectivity index (χ0n) is 14.2. The van der Waals surface area contributed by atoms with Gasteiger partial charge in [-0.15, -0.1) is 0 Å². The van der Waals surface area contributed by atoms with Crippen LogP contribution in [0.3, 0.4) is 0 Å². The molecular weight excluding hydrogens is 352 g/mol. The maximum atomic E-state index is 12.9. The highest BCUT2D eigenvalue weighted by Crippen LogP contribution is 2.34. The van der Waals surface area contributed by atoms with Crippen molar-refractivity contribution in [1.82, 2.24) is 9.66 Å². The van der Waals surface area contributed by atoms with Crippen LogP contribution in [0.15, 0.2) is 42.7 Å². The molecule has 1 aliphatic heterocycles. The lowest BCUT2D eigenvalue weighted by atomic mass is 10.1. The molecule has 3 heterocycles. The molecule has 6 nitrogen and oxygen atoms in total. The quantitative estimate of drug-likeness (QED) is 0.736. The standard InChI is InChI=1S/C19H19ClN4O2/c20-13-6-7-16-15(11-13)17(18(25)22-14-5-4-8-21-12-14)19(26)24(16)23-9-2-1-3-10-23/h4-8,11-12,26H,1-3,9-10H2,(H,22,25). The summed E-state index contributed by atoms with van der Waals surface area (Å²) in [7, 11) is 0. The van der Waals surface area contributed by atoms with Crippen molar-refractivity contribution in [3.05, 3.63) is 53.3 Å². The van der Waals surface area contributed by atoms with E-state index >= 15 is 0 Å². The smallest absolute Gasteiger partial charge is 0.261 e. The fourth-order valence-electron chi connectivity index (χ4n) is 3.45. The van der Waals surface area contributed by atoms with Crippen LogP contribution in [0.5, 0.6) is 5.88 Å². The Labute approximate surface area is 156 Å². The number of rotatable bonds is 3. The van der Waals surface area contributed by atoms with Crippen LogP contribution in [-0.4, -0.2) is 33.8 Å². The number of hydrogen-bond donors (Lipinski definition) is 2. The predicted molar refractivity (Wildman–Crippen MR) is 103 cm³/mol. The number of amides is 1. The lowest BCUT2D eigenvalue weighted by Gasteiger charge is -2.30. The van der Waals surface area contributed by atoms with E-state index in [4.69, 9.17) is 11.6 Å². The van der Waals surface area contributed by atoms with Crippen molar-refractivity contribution in [3.8, 4) is 5.88 Å². The van der Waals surface area contributed by atoms with Gasteiger partial charge in [-0.25, -0.2) is 4.68 Å². The molecule has 0 radical (unpaired) electrons. The molecule has 134 valence electrons. The molecule has 7 heteroatoms. The molecule has 0 atom stereocenters. The van der Waals surface area contributed by atoms with E-state index in [2.05, 4.69) is 15.3 Å². The maximum absolute atomic E-state index is 12.9. The van der Waals surface area contributed by atoms with Crippen LogP contribution in [0.4, 0.5) is 5.69 Å². The van der Waals surface area contributed by atoms with E-state index in [1.54, 1.807) is 41.3 Å². The van der Waals surface area contributed by atoms with Crippen LogP contribution < -0.4 is 10.3 Å². The van der Waals surface area contributed by atoms with Gasteiger partial charge in [0.2, 0.25) is 5.88 Å². The number of halogens is 1. The molecule has 1 amide bonds. The molecule has 26 heavy (non-hydrogen) atoms. The van der Waals surface area contributed by atoms with Crippen molar-refractivity contribution in [2.45, 2.75) is 19.3 Å². The number of carbonyl (C=O) groups excluding carboxylic acids is 1. The van der Waals surface area contributed by atoms with Gasteiger partial charge in [-0.2, -0.15) is 0 Å². The molecular formula is C19H19ClN4O2. The third-order valence-electron chi connectivity index (χ3n) is 4.64. The second kappa shape index (κ2) is 6.88. The van der Waals surface area contributed by atoms with E-state index in [0.717, 1.165) is 31.4 Å². The molecule has 3 aromatic rings. The van der Waals surface area contributed by atoms with Gasteiger partial charge in [-0.3, -0.25) is 9.78 Å². The van der Waals surface area contributed by atoms with Crippen LogP contribution in [0.2, 0.25) is 5.02 Å². The molecule has 0 unspecified atom stereocenters. The fourth-order valence-corrected chi connectivity index (χ4v) is 3.62. The van der Waals surface area contributed by atoms with Crippen molar-refractivity contribution in [2.24, 2.45) is 0 Å². The Kier molecular flexibility index (Phi) is 4.42. The monoisotopic (exact) mass is 370 g/mol. The van der Waals surface area contributed by atoms with E-state index in [1.165, 1.54) is 6.42 Å². The van der Waals surface area contributed by atoms with Gasteiger partial charge >= 0.3 is 0 Å². The van der Waals surface area contributed by atoms with Gasteiger partial charge in [0.1, 0.15) is 5.56 Å². The Balaban J connectivity index is 1.81. The van der Waals surface area contributed by atoms with E-state index in [9.17, 15) is 9.90 Å². The van der Waals surface area contributed by atoms with E-state index in [-0.39, 0.29) is 11.4 Å². The molecule has 1 fully saturated rings. The number of anilines is 1. The maximum Gasteiger partial charge on any atom is 0.261 e. The summed E-state index contributed by atoms with van der Waals surface area (Å²) in [5.41, 5.74) is 1.56. The van der Waals surface area contributed by atoms with Gasteiger partial charge in [0, 0.05) is 29.7 Å². The normalized spacial score (nSPS) is 14.6. The predicted octanol–water partition coefficient (Wildman–Crippen LogP) is 3.77. The number of fused-ring (bicyclic) bond motifs is 1. The number of piperidine rings is 1. The molecule has 1 saturated heterocycles. The summed E-state index contributed by atoms with van der Waals surface area (Å²) >= 11 is 6.16. The van der Waals surface area contributed by atoms with Crippen LogP contribution in [0.25, 0.3) is 10.9 Å². The summed E-state index contributed by atoms with van der Waals surface area (Å²) in [5, 5.41) is 16.9. The van der Waals surface area contributed by atoms with Gasteiger partial charge in [0.25, 0.3) is 5.91 Å². The van der Waals surface area contributed by atoms with Gasteiger partial charge in [0.15, 0.2) is 0 Å². The lowest BCUT2D eigenvalue weighted by Crippen LogP contribution is -2.38. The number of benzene rings is 1. The Morgan fingerprint density at radius 3 is 2.73 bits per heavy atom. The average molecular weight is 371 g/mol. The van der Waals surface area contributed by atoms with Crippen LogP contribution in [-0.2, 0) is 0 Å². The SMILES string of the molecule is O=C(Nc1cccnc1)c1c(O)n(N2CCCCC2)c2ccc(Cl)cc12. The summed E-state index contributed by atoms with van der Waals surface area (Å²) in [6, 6.07) is 8.82. The van der Waals surface area contributed by atoms with Gasteiger partial charge < -0.3 is 15.4 Å². The summed E-state index contributed by atoms with van der Waals surface area (Å²) in [4.78, 5) is 16.9. The first kappa shape index (κ1) is 16.7. The van der Waals surface area contributed by atoms with Crippen molar-refractivity contribution >= 4 is 34.1 Å². The molecule has 0 saturated carbocycles. The van der Waals surface area contributed by atoms with Crippen LogP contribution in [0.1, 0.15) is 29.6 Å². The zero-order valence-corrected chi connectivity index (χ0v) is 14.9. The molecule has 0 bridgehead atoms. The van der Waals surface area contributed by atoms with Crippen molar-refractivity contribution < 1.29 is 9.90 Å². The van der Waals surface area contributed by atoms with Crippen molar-refractivity contribution in [1.29, 1.82) is 0 Å². The van der Waals surface area contributed by atoms with E-state index in [1.807, 2.05) is 6.07 Å². The third-order valence-corrected chi connectivity index (χ3v) is 4.88. The molecule has 0 aliphatic carbocycles. The molecule has 1 aliphatic rings.